The molecule has 0 aliphatic rings. The van der Waals surface area contributed by atoms with Crippen LogP contribution in [0.25, 0.3) is 22.5 Å². The maximum absolute atomic E-state index is 12.6. The third-order valence-corrected chi connectivity index (χ3v) is 4.86. The molecule has 1 aromatic heterocycles. The highest BCUT2D eigenvalue weighted by Gasteiger charge is 2.13. The van der Waals surface area contributed by atoms with Gasteiger partial charge in [-0.3, -0.25) is 4.79 Å². The zero-order valence-corrected chi connectivity index (χ0v) is 16.7. The molecule has 0 unspecified atom stereocenters. The molecule has 3 aromatic carbocycles. The van der Waals surface area contributed by atoms with Crippen LogP contribution in [-0.2, 0) is 11.2 Å². The summed E-state index contributed by atoms with van der Waals surface area (Å²) in [6, 6.07) is 29.9. The first-order chi connectivity index (χ1) is 14.8. The van der Waals surface area contributed by atoms with E-state index in [-0.39, 0.29) is 5.91 Å². The molecule has 0 atom stereocenters. The Labute approximate surface area is 176 Å². The average molecular weight is 393 g/mol. The highest BCUT2D eigenvalue weighted by Crippen LogP contribution is 2.27. The van der Waals surface area contributed by atoms with Crippen molar-refractivity contribution in [2.75, 3.05) is 5.32 Å². The molecular formula is C26H23N3O. The first kappa shape index (κ1) is 19.5. The van der Waals surface area contributed by atoms with Crippen LogP contribution >= 0.6 is 0 Å². The van der Waals surface area contributed by atoms with Crippen LogP contribution in [0.5, 0.6) is 0 Å². The van der Waals surface area contributed by atoms with E-state index in [1.165, 1.54) is 5.56 Å². The van der Waals surface area contributed by atoms with Crippen molar-refractivity contribution in [2.24, 2.45) is 0 Å². The summed E-state index contributed by atoms with van der Waals surface area (Å²) in [4.78, 5) is 21.9. The number of aromatic nitrogens is 2. The van der Waals surface area contributed by atoms with E-state index in [0.717, 1.165) is 29.7 Å². The second-order valence-electron chi connectivity index (χ2n) is 7.07. The fourth-order valence-electron chi connectivity index (χ4n) is 3.32. The van der Waals surface area contributed by atoms with Gasteiger partial charge in [0.05, 0.1) is 11.9 Å². The van der Waals surface area contributed by atoms with Crippen molar-refractivity contribution in [3.05, 3.63) is 103 Å². The molecule has 0 saturated heterocycles. The second kappa shape index (κ2) is 9.61. The highest BCUT2D eigenvalue weighted by molar-refractivity contribution is 5.93. The molecule has 0 spiro atoms. The number of aryl methyl sites for hydroxylation is 1. The SMILES string of the molecule is O=C(CCCc1ccccc1)Nc1ncc(-c2ccccc2)nc1-c1ccccc1. The largest absolute Gasteiger partial charge is 0.309 e. The molecule has 1 amide bonds. The summed E-state index contributed by atoms with van der Waals surface area (Å²) in [6.45, 7) is 0. The lowest BCUT2D eigenvalue weighted by atomic mass is 10.1. The van der Waals surface area contributed by atoms with E-state index in [1.54, 1.807) is 6.20 Å². The molecule has 0 radical (unpaired) electrons. The van der Waals surface area contributed by atoms with Gasteiger partial charge in [0.1, 0.15) is 5.69 Å². The van der Waals surface area contributed by atoms with E-state index in [4.69, 9.17) is 4.98 Å². The van der Waals surface area contributed by atoms with E-state index in [9.17, 15) is 4.79 Å². The maximum Gasteiger partial charge on any atom is 0.225 e. The maximum atomic E-state index is 12.6. The van der Waals surface area contributed by atoms with Gasteiger partial charge in [-0.2, -0.15) is 0 Å². The van der Waals surface area contributed by atoms with Crippen molar-refractivity contribution >= 4 is 11.7 Å². The van der Waals surface area contributed by atoms with Crippen molar-refractivity contribution in [2.45, 2.75) is 19.3 Å². The number of amides is 1. The molecule has 0 aliphatic carbocycles. The summed E-state index contributed by atoms with van der Waals surface area (Å²) in [6.07, 6.45) is 3.80. The van der Waals surface area contributed by atoms with Gasteiger partial charge in [0.15, 0.2) is 5.82 Å². The lowest BCUT2D eigenvalue weighted by molar-refractivity contribution is -0.116. The summed E-state index contributed by atoms with van der Waals surface area (Å²) in [5.74, 6) is 0.440. The Morgan fingerprint density at radius 1 is 0.767 bits per heavy atom. The van der Waals surface area contributed by atoms with Crippen LogP contribution in [0.3, 0.4) is 0 Å². The van der Waals surface area contributed by atoms with E-state index < -0.39 is 0 Å². The first-order valence-electron chi connectivity index (χ1n) is 10.1. The molecule has 1 heterocycles. The van der Waals surface area contributed by atoms with Gasteiger partial charge in [-0.1, -0.05) is 91.0 Å². The second-order valence-corrected chi connectivity index (χ2v) is 7.07. The van der Waals surface area contributed by atoms with E-state index in [2.05, 4.69) is 22.4 Å². The third-order valence-electron chi connectivity index (χ3n) is 4.86. The summed E-state index contributed by atoms with van der Waals surface area (Å²) >= 11 is 0. The Kier molecular flexibility index (Phi) is 6.25. The number of hydrogen-bond donors (Lipinski definition) is 1. The lowest BCUT2D eigenvalue weighted by Crippen LogP contribution is -2.14. The topological polar surface area (TPSA) is 54.9 Å². The predicted octanol–water partition coefficient (Wildman–Crippen LogP) is 5.77. The quantitative estimate of drug-likeness (QED) is 0.433. The number of hydrogen-bond acceptors (Lipinski definition) is 3. The van der Waals surface area contributed by atoms with Crippen LogP contribution in [0.15, 0.2) is 97.2 Å². The third kappa shape index (κ3) is 4.97. The van der Waals surface area contributed by atoms with Gasteiger partial charge in [-0.05, 0) is 18.4 Å². The predicted molar refractivity (Wildman–Crippen MR) is 121 cm³/mol. The van der Waals surface area contributed by atoms with Crippen molar-refractivity contribution in [1.82, 2.24) is 9.97 Å². The van der Waals surface area contributed by atoms with Crippen LogP contribution in [0.2, 0.25) is 0 Å². The van der Waals surface area contributed by atoms with Gasteiger partial charge in [-0.15, -0.1) is 0 Å². The number of nitrogens with one attached hydrogen (secondary N) is 1. The average Bonchev–Trinajstić information content (AvgIpc) is 2.81. The number of nitrogens with zero attached hydrogens (tertiary/aromatic N) is 2. The molecule has 4 aromatic rings. The minimum absolute atomic E-state index is 0.0510. The fourth-order valence-corrected chi connectivity index (χ4v) is 3.32. The van der Waals surface area contributed by atoms with E-state index in [1.807, 2.05) is 78.9 Å². The minimum atomic E-state index is -0.0510. The van der Waals surface area contributed by atoms with Crippen molar-refractivity contribution in [3.63, 3.8) is 0 Å². The van der Waals surface area contributed by atoms with Crippen molar-refractivity contribution in [1.29, 1.82) is 0 Å². The van der Waals surface area contributed by atoms with E-state index >= 15 is 0 Å². The summed E-state index contributed by atoms with van der Waals surface area (Å²) in [5, 5.41) is 2.96. The van der Waals surface area contributed by atoms with Gasteiger partial charge >= 0.3 is 0 Å². The van der Waals surface area contributed by atoms with Crippen molar-refractivity contribution < 1.29 is 4.79 Å². The zero-order chi connectivity index (χ0) is 20.6. The molecule has 0 bridgehead atoms. The summed E-state index contributed by atoms with van der Waals surface area (Å²) < 4.78 is 0. The number of benzene rings is 3. The van der Waals surface area contributed by atoms with Crippen LogP contribution in [0.1, 0.15) is 18.4 Å². The molecule has 0 saturated carbocycles. The van der Waals surface area contributed by atoms with Gasteiger partial charge in [-0.25, -0.2) is 9.97 Å². The zero-order valence-electron chi connectivity index (χ0n) is 16.7. The van der Waals surface area contributed by atoms with Crippen molar-refractivity contribution in [3.8, 4) is 22.5 Å². The Morgan fingerprint density at radius 2 is 1.37 bits per heavy atom. The Hall–Kier alpha value is -3.79. The summed E-state index contributed by atoms with van der Waals surface area (Å²) in [5.41, 5.74) is 4.59. The Bertz CT molecular complexity index is 1100. The van der Waals surface area contributed by atoms with Gasteiger partial charge < -0.3 is 5.32 Å². The van der Waals surface area contributed by atoms with Crippen LogP contribution in [-0.4, -0.2) is 15.9 Å². The van der Waals surface area contributed by atoms with Gasteiger partial charge in [0, 0.05) is 17.5 Å². The summed E-state index contributed by atoms with van der Waals surface area (Å²) in [7, 11) is 0. The number of carbonyl (C=O) groups excluding carboxylic acids is 1. The van der Waals surface area contributed by atoms with Crippen LogP contribution in [0, 0.1) is 0 Å². The molecule has 4 nitrogen and oxygen atoms in total. The number of anilines is 1. The fraction of sp³-hybridized carbons (Fsp3) is 0.115. The van der Waals surface area contributed by atoms with Crippen LogP contribution < -0.4 is 5.32 Å². The monoisotopic (exact) mass is 393 g/mol. The molecule has 0 fully saturated rings. The molecule has 4 rings (SSSR count). The standard InChI is InChI=1S/C26H23N3O/c30-24(18-10-13-20-11-4-1-5-12-20)29-26-25(22-16-8-3-9-17-22)28-23(19-27-26)21-14-6-2-7-15-21/h1-9,11-12,14-17,19H,10,13,18H2,(H,27,29,30). The smallest absolute Gasteiger partial charge is 0.225 e. The van der Waals surface area contributed by atoms with Gasteiger partial charge in [0.2, 0.25) is 5.91 Å². The molecule has 0 aliphatic heterocycles. The van der Waals surface area contributed by atoms with E-state index in [0.29, 0.717) is 17.9 Å². The minimum Gasteiger partial charge on any atom is -0.309 e. The number of carbonyl (C=O) groups is 1. The lowest BCUT2D eigenvalue weighted by Gasteiger charge is -2.12. The Balaban J connectivity index is 1.52. The normalized spacial score (nSPS) is 10.5. The molecule has 148 valence electrons. The molecule has 1 N–H and O–H groups in total. The Morgan fingerprint density at radius 3 is 2.03 bits per heavy atom. The van der Waals surface area contributed by atoms with Gasteiger partial charge in [0.25, 0.3) is 0 Å². The number of rotatable bonds is 7. The molecule has 30 heavy (non-hydrogen) atoms. The molecule has 4 heteroatoms. The highest BCUT2D eigenvalue weighted by atomic mass is 16.1. The molecular weight excluding hydrogens is 370 g/mol. The first-order valence-corrected chi connectivity index (χ1v) is 10.1. The van der Waals surface area contributed by atoms with Crippen LogP contribution in [0.4, 0.5) is 5.82 Å².